The Labute approximate surface area is 244 Å². The summed E-state index contributed by atoms with van der Waals surface area (Å²) in [5.41, 5.74) is 1.93. The first-order valence-corrected chi connectivity index (χ1v) is 14.6. The first-order valence-electron chi connectivity index (χ1n) is 12.0. The minimum atomic E-state index is -0.580. The SMILES string of the molecule is CC(=O)ON=C(CCSc1ccc(Br)cc1)C(=O)c1ccc(Sc2ccc(C(=O)c3ccccc3)cc2)cc1. The Kier molecular flexibility index (Phi) is 10.3. The van der Waals surface area contributed by atoms with Gasteiger partial charge in [0.1, 0.15) is 5.71 Å². The zero-order chi connectivity index (χ0) is 27.6. The van der Waals surface area contributed by atoms with Crippen LogP contribution in [0, 0.1) is 0 Å². The summed E-state index contributed by atoms with van der Waals surface area (Å²) in [7, 11) is 0. The Morgan fingerprint density at radius 2 is 1.26 bits per heavy atom. The maximum atomic E-state index is 13.2. The van der Waals surface area contributed by atoms with Crippen LogP contribution in [0.1, 0.15) is 39.6 Å². The first-order chi connectivity index (χ1) is 18.9. The molecule has 0 bridgehead atoms. The van der Waals surface area contributed by atoms with Crippen molar-refractivity contribution in [1.29, 1.82) is 0 Å². The molecule has 4 aromatic carbocycles. The summed E-state index contributed by atoms with van der Waals surface area (Å²) in [5, 5.41) is 3.84. The number of nitrogens with zero attached hydrogens (tertiary/aromatic N) is 1. The number of rotatable bonds is 11. The normalized spacial score (nSPS) is 11.2. The number of halogens is 1. The smallest absolute Gasteiger partial charge is 0.318 e. The molecule has 39 heavy (non-hydrogen) atoms. The zero-order valence-corrected chi connectivity index (χ0v) is 24.2. The number of Topliss-reactive ketones (excluding diaryl/α,β-unsaturated/α-hetero) is 1. The molecule has 8 heteroatoms. The lowest BCUT2D eigenvalue weighted by Gasteiger charge is -2.08. The van der Waals surface area contributed by atoms with E-state index in [1.54, 1.807) is 36.0 Å². The molecular weight excluding hydrogens is 594 g/mol. The number of carbonyl (C=O) groups is 3. The van der Waals surface area contributed by atoms with Gasteiger partial charge in [0.05, 0.1) is 0 Å². The topological polar surface area (TPSA) is 72.8 Å². The van der Waals surface area contributed by atoms with Crippen molar-refractivity contribution in [3.8, 4) is 0 Å². The molecule has 0 unspecified atom stereocenters. The molecule has 0 fully saturated rings. The monoisotopic (exact) mass is 617 g/mol. The third-order valence-electron chi connectivity index (χ3n) is 5.47. The molecule has 0 aliphatic carbocycles. The average molecular weight is 619 g/mol. The molecule has 0 aromatic heterocycles. The molecule has 0 spiro atoms. The van der Waals surface area contributed by atoms with Crippen LogP contribution in [0.25, 0.3) is 0 Å². The van der Waals surface area contributed by atoms with Crippen LogP contribution in [0.4, 0.5) is 0 Å². The second kappa shape index (κ2) is 14.1. The van der Waals surface area contributed by atoms with Gasteiger partial charge in [-0.2, -0.15) is 0 Å². The van der Waals surface area contributed by atoms with E-state index in [1.165, 1.54) is 18.7 Å². The number of hydrogen-bond acceptors (Lipinski definition) is 7. The number of ketones is 2. The van der Waals surface area contributed by atoms with Crippen molar-refractivity contribution in [2.75, 3.05) is 5.75 Å². The van der Waals surface area contributed by atoms with Crippen LogP contribution >= 0.6 is 39.5 Å². The van der Waals surface area contributed by atoms with E-state index in [0.29, 0.717) is 28.9 Å². The van der Waals surface area contributed by atoms with Crippen molar-refractivity contribution in [2.24, 2.45) is 5.16 Å². The molecule has 196 valence electrons. The summed E-state index contributed by atoms with van der Waals surface area (Å²) < 4.78 is 0.996. The van der Waals surface area contributed by atoms with Gasteiger partial charge in [-0.25, -0.2) is 4.79 Å². The predicted octanol–water partition coefficient (Wildman–Crippen LogP) is 8.12. The van der Waals surface area contributed by atoms with Gasteiger partial charge in [-0.15, -0.1) is 11.8 Å². The third kappa shape index (κ3) is 8.51. The van der Waals surface area contributed by atoms with Crippen molar-refractivity contribution in [3.05, 3.63) is 124 Å². The van der Waals surface area contributed by atoms with Crippen molar-refractivity contribution in [3.63, 3.8) is 0 Å². The largest absolute Gasteiger partial charge is 0.331 e. The number of hydrogen-bond donors (Lipinski definition) is 0. The molecule has 0 radical (unpaired) electrons. The molecule has 0 N–H and O–H groups in total. The average Bonchev–Trinajstić information content (AvgIpc) is 2.96. The van der Waals surface area contributed by atoms with Crippen LogP contribution in [-0.2, 0) is 9.63 Å². The molecule has 4 rings (SSSR count). The number of benzene rings is 4. The lowest BCUT2D eigenvalue weighted by Crippen LogP contribution is -2.16. The highest BCUT2D eigenvalue weighted by Gasteiger charge is 2.16. The summed E-state index contributed by atoms with van der Waals surface area (Å²) in [6.45, 7) is 1.25. The minimum Gasteiger partial charge on any atom is -0.318 e. The van der Waals surface area contributed by atoms with Gasteiger partial charge >= 0.3 is 5.97 Å². The van der Waals surface area contributed by atoms with E-state index in [9.17, 15) is 14.4 Å². The summed E-state index contributed by atoms with van der Waals surface area (Å²) >= 11 is 6.54. The van der Waals surface area contributed by atoms with Gasteiger partial charge in [0.15, 0.2) is 5.78 Å². The lowest BCUT2D eigenvalue weighted by atomic mass is 10.0. The van der Waals surface area contributed by atoms with Gasteiger partial charge in [0.2, 0.25) is 5.78 Å². The Morgan fingerprint density at radius 3 is 1.85 bits per heavy atom. The van der Waals surface area contributed by atoms with E-state index in [1.807, 2.05) is 78.9 Å². The molecule has 0 atom stereocenters. The maximum absolute atomic E-state index is 13.2. The second-order valence-electron chi connectivity index (χ2n) is 8.35. The maximum Gasteiger partial charge on any atom is 0.331 e. The zero-order valence-electron chi connectivity index (χ0n) is 21.0. The van der Waals surface area contributed by atoms with Crippen LogP contribution in [0.3, 0.4) is 0 Å². The minimum absolute atomic E-state index is 0.0172. The third-order valence-corrected chi connectivity index (χ3v) is 8.03. The molecular formula is C31H24BrNO4S2. The lowest BCUT2D eigenvalue weighted by molar-refractivity contribution is -0.140. The van der Waals surface area contributed by atoms with Gasteiger partial charge in [0.25, 0.3) is 0 Å². The van der Waals surface area contributed by atoms with E-state index in [4.69, 9.17) is 4.84 Å². The summed E-state index contributed by atoms with van der Waals surface area (Å²) in [6, 6.07) is 31.7. The highest BCUT2D eigenvalue weighted by atomic mass is 79.9. The molecule has 0 saturated heterocycles. The standard InChI is InChI=1S/C31H24BrNO4S2/c1-21(34)37-33-29(19-20-38-26-17-11-25(32)12-18-26)31(36)24-9-15-28(16-10-24)39-27-13-7-23(8-14-27)30(35)22-5-3-2-4-6-22/h2-18H,19-20H2,1H3. The van der Waals surface area contributed by atoms with E-state index >= 15 is 0 Å². The van der Waals surface area contributed by atoms with Gasteiger partial charge in [-0.3, -0.25) is 9.59 Å². The highest BCUT2D eigenvalue weighted by molar-refractivity contribution is 9.10. The number of thioether (sulfide) groups is 1. The molecule has 4 aromatic rings. The van der Waals surface area contributed by atoms with Crippen molar-refractivity contribution < 1.29 is 19.2 Å². The molecule has 0 saturated carbocycles. The van der Waals surface area contributed by atoms with E-state index < -0.39 is 5.97 Å². The van der Waals surface area contributed by atoms with Crippen LogP contribution in [0.2, 0.25) is 0 Å². The molecule has 0 heterocycles. The first kappa shape index (κ1) is 28.5. The van der Waals surface area contributed by atoms with Gasteiger partial charge in [-0.05, 0) is 72.8 Å². The van der Waals surface area contributed by atoms with Gasteiger partial charge in [0, 0.05) is 54.9 Å². The highest BCUT2D eigenvalue weighted by Crippen LogP contribution is 2.29. The molecule has 0 aliphatic heterocycles. The quantitative estimate of drug-likeness (QED) is 0.0556. The van der Waals surface area contributed by atoms with Crippen LogP contribution in [-0.4, -0.2) is 29.0 Å². The molecule has 0 amide bonds. The summed E-state index contributed by atoms with van der Waals surface area (Å²) in [6.07, 6.45) is 0.345. The fourth-order valence-electron chi connectivity index (χ4n) is 3.52. The van der Waals surface area contributed by atoms with Crippen LogP contribution in [0.15, 0.2) is 127 Å². The Balaban J connectivity index is 1.39. The van der Waals surface area contributed by atoms with Crippen LogP contribution < -0.4 is 0 Å². The van der Waals surface area contributed by atoms with Gasteiger partial charge in [-0.1, -0.05) is 63.2 Å². The van der Waals surface area contributed by atoms with Gasteiger partial charge < -0.3 is 4.84 Å². The molecule has 0 aliphatic rings. The van der Waals surface area contributed by atoms with E-state index in [-0.39, 0.29) is 17.3 Å². The van der Waals surface area contributed by atoms with Crippen molar-refractivity contribution in [2.45, 2.75) is 28.0 Å². The Bertz CT molecular complexity index is 1470. The van der Waals surface area contributed by atoms with Crippen molar-refractivity contribution >= 4 is 62.7 Å². The summed E-state index contributed by atoms with van der Waals surface area (Å²) in [5.74, 6) is -0.280. The fraction of sp³-hybridized carbons (Fsp3) is 0.0968. The second-order valence-corrected chi connectivity index (χ2v) is 11.6. The number of carbonyl (C=O) groups excluding carboxylic acids is 3. The summed E-state index contributed by atoms with van der Waals surface area (Å²) in [4.78, 5) is 44.9. The Hall–Kier alpha value is -3.46. The molecule has 5 nitrogen and oxygen atoms in total. The number of oxime groups is 1. The van der Waals surface area contributed by atoms with Crippen LogP contribution in [0.5, 0.6) is 0 Å². The Morgan fingerprint density at radius 1 is 0.718 bits per heavy atom. The van der Waals surface area contributed by atoms with Crippen molar-refractivity contribution in [1.82, 2.24) is 0 Å². The fourth-order valence-corrected chi connectivity index (χ4v) is 5.46. The van der Waals surface area contributed by atoms with E-state index in [2.05, 4.69) is 21.1 Å². The predicted molar refractivity (Wildman–Crippen MR) is 160 cm³/mol. The van der Waals surface area contributed by atoms with E-state index in [0.717, 1.165) is 19.2 Å².